The molecule has 2 aliphatic rings. The van der Waals surface area contributed by atoms with E-state index >= 15 is 0 Å². The van der Waals surface area contributed by atoms with E-state index < -0.39 is 0 Å². The molecule has 1 aliphatic carbocycles. The molecule has 0 bridgehead atoms. The van der Waals surface area contributed by atoms with Crippen LogP contribution in [0.3, 0.4) is 0 Å². The van der Waals surface area contributed by atoms with Crippen LogP contribution in [0.25, 0.3) is 0 Å². The summed E-state index contributed by atoms with van der Waals surface area (Å²) >= 11 is 0. The van der Waals surface area contributed by atoms with Crippen molar-refractivity contribution in [3.63, 3.8) is 0 Å². The normalized spacial score (nSPS) is 21.5. The van der Waals surface area contributed by atoms with E-state index in [1.807, 2.05) is 35.2 Å². The smallest absolute Gasteiger partial charge is 0.253 e. The van der Waals surface area contributed by atoms with Gasteiger partial charge in [-0.15, -0.1) is 0 Å². The number of hydrogen-bond acceptors (Lipinski definition) is 3. The molecule has 1 saturated carbocycles. The fourth-order valence-electron chi connectivity index (χ4n) is 4.23. The number of amides is 2. The average molecular weight is 372 g/mol. The lowest BCUT2D eigenvalue weighted by atomic mass is 9.96. The lowest BCUT2D eigenvalue weighted by Crippen LogP contribution is -2.46. The van der Waals surface area contributed by atoms with Gasteiger partial charge in [0.2, 0.25) is 5.91 Å². The van der Waals surface area contributed by atoms with Gasteiger partial charge < -0.3 is 15.5 Å². The molecule has 0 radical (unpaired) electrons. The Hall–Kier alpha value is -1.88. The summed E-state index contributed by atoms with van der Waals surface area (Å²) in [5.74, 6) is 0.0238. The average Bonchev–Trinajstić information content (AvgIpc) is 3.00. The van der Waals surface area contributed by atoms with Crippen LogP contribution in [0.5, 0.6) is 0 Å². The minimum atomic E-state index is -0.0932. The summed E-state index contributed by atoms with van der Waals surface area (Å²) in [6.07, 6.45) is 9.61. The van der Waals surface area contributed by atoms with Crippen molar-refractivity contribution in [3.8, 4) is 0 Å². The molecule has 2 amide bonds. The second-order valence-electron chi connectivity index (χ2n) is 7.89. The van der Waals surface area contributed by atoms with Crippen LogP contribution in [-0.2, 0) is 4.79 Å². The SMILES string of the molecule is O=C(NCCNC1CCCCCC1)C1CCCN(C(=O)c2ccccc2)C1. The first-order chi connectivity index (χ1) is 13.2. The number of carbonyl (C=O) groups is 2. The molecular formula is C22H33N3O2. The summed E-state index contributed by atoms with van der Waals surface area (Å²) < 4.78 is 0. The van der Waals surface area contributed by atoms with E-state index in [1.54, 1.807) is 0 Å². The molecule has 1 aromatic rings. The molecule has 2 N–H and O–H groups in total. The first-order valence-corrected chi connectivity index (χ1v) is 10.6. The molecular weight excluding hydrogens is 338 g/mol. The van der Waals surface area contributed by atoms with Gasteiger partial charge in [-0.2, -0.15) is 0 Å². The van der Waals surface area contributed by atoms with Gasteiger partial charge in [0.15, 0.2) is 0 Å². The van der Waals surface area contributed by atoms with Crippen molar-refractivity contribution in [3.05, 3.63) is 35.9 Å². The number of carbonyl (C=O) groups excluding carboxylic acids is 2. The third-order valence-corrected chi connectivity index (χ3v) is 5.81. The van der Waals surface area contributed by atoms with Crippen LogP contribution in [0, 0.1) is 5.92 Å². The zero-order chi connectivity index (χ0) is 18.9. The van der Waals surface area contributed by atoms with E-state index in [0.717, 1.165) is 25.9 Å². The van der Waals surface area contributed by atoms with Crippen LogP contribution in [0.2, 0.25) is 0 Å². The summed E-state index contributed by atoms with van der Waals surface area (Å²) in [5, 5.41) is 6.66. The molecule has 1 aromatic carbocycles. The highest BCUT2D eigenvalue weighted by atomic mass is 16.2. The molecule has 0 spiro atoms. The van der Waals surface area contributed by atoms with Crippen molar-refractivity contribution in [2.45, 2.75) is 57.4 Å². The largest absolute Gasteiger partial charge is 0.355 e. The minimum Gasteiger partial charge on any atom is -0.355 e. The Kier molecular flexibility index (Phi) is 7.69. The van der Waals surface area contributed by atoms with E-state index in [4.69, 9.17) is 0 Å². The van der Waals surface area contributed by atoms with Crippen molar-refractivity contribution in [2.24, 2.45) is 5.92 Å². The Labute approximate surface area is 162 Å². The zero-order valence-electron chi connectivity index (χ0n) is 16.3. The summed E-state index contributed by atoms with van der Waals surface area (Å²) in [6, 6.07) is 9.95. The van der Waals surface area contributed by atoms with E-state index in [9.17, 15) is 9.59 Å². The molecule has 148 valence electrons. The Morgan fingerprint density at radius 2 is 1.67 bits per heavy atom. The molecule has 1 aliphatic heterocycles. The lowest BCUT2D eigenvalue weighted by Gasteiger charge is -2.32. The molecule has 1 saturated heterocycles. The molecule has 27 heavy (non-hydrogen) atoms. The Bertz CT molecular complexity index is 597. The van der Waals surface area contributed by atoms with Gasteiger partial charge >= 0.3 is 0 Å². The maximum absolute atomic E-state index is 12.6. The van der Waals surface area contributed by atoms with Gasteiger partial charge in [-0.25, -0.2) is 0 Å². The Morgan fingerprint density at radius 1 is 0.926 bits per heavy atom. The van der Waals surface area contributed by atoms with Gasteiger partial charge in [-0.3, -0.25) is 9.59 Å². The predicted octanol–water partition coefficient (Wildman–Crippen LogP) is 2.97. The fraction of sp³-hybridized carbons (Fsp3) is 0.636. The molecule has 1 unspecified atom stereocenters. The molecule has 5 heteroatoms. The monoisotopic (exact) mass is 371 g/mol. The molecule has 3 rings (SSSR count). The molecule has 2 fully saturated rings. The summed E-state index contributed by atoms with van der Waals surface area (Å²) in [6.45, 7) is 2.75. The van der Waals surface area contributed by atoms with Crippen molar-refractivity contribution in [2.75, 3.05) is 26.2 Å². The van der Waals surface area contributed by atoms with Crippen LogP contribution in [0.1, 0.15) is 61.7 Å². The third-order valence-electron chi connectivity index (χ3n) is 5.81. The number of nitrogens with one attached hydrogen (secondary N) is 2. The van der Waals surface area contributed by atoms with Gasteiger partial charge in [-0.1, -0.05) is 43.9 Å². The first-order valence-electron chi connectivity index (χ1n) is 10.6. The Morgan fingerprint density at radius 3 is 2.41 bits per heavy atom. The van der Waals surface area contributed by atoms with Gasteiger partial charge in [0.25, 0.3) is 5.91 Å². The predicted molar refractivity (Wildman–Crippen MR) is 108 cm³/mol. The lowest BCUT2D eigenvalue weighted by molar-refractivity contribution is -0.126. The molecule has 5 nitrogen and oxygen atoms in total. The van der Waals surface area contributed by atoms with E-state index in [-0.39, 0.29) is 17.7 Å². The highest BCUT2D eigenvalue weighted by Gasteiger charge is 2.28. The second kappa shape index (κ2) is 10.5. The fourth-order valence-corrected chi connectivity index (χ4v) is 4.23. The van der Waals surface area contributed by atoms with E-state index in [2.05, 4.69) is 10.6 Å². The number of nitrogens with zero attached hydrogens (tertiary/aromatic N) is 1. The van der Waals surface area contributed by atoms with Gasteiger partial charge in [0.1, 0.15) is 0 Å². The molecule has 0 aromatic heterocycles. The zero-order valence-corrected chi connectivity index (χ0v) is 16.3. The maximum Gasteiger partial charge on any atom is 0.253 e. The van der Waals surface area contributed by atoms with Crippen LogP contribution < -0.4 is 10.6 Å². The first kappa shape index (κ1) is 19.9. The second-order valence-corrected chi connectivity index (χ2v) is 7.89. The van der Waals surface area contributed by atoms with Crippen LogP contribution in [-0.4, -0.2) is 48.9 Å². The minimum absolute atomic E-state index is 0.0307. The van der Waals surface area contributed by atoms with Crippen LogP contribution in [0.15, 0.2) is 30.3 Å². The van der Waals surface area contributed by atoms with Crippen LogP contribution >= 0.6 is 0 Å². The number of benzene rings is 1. The van der Waals surface area contributed by atoms with Gasteiger partial charge in [0, 0.05) is 37.8 Å². The quantitative estimate of drug-likeness (QED) is 0.597. The standard InChI is InChI=1S/C22H33N3O2/c26-21(24-15-14-23-20-12-6-1-2-7-13-20)19-11-8-16-25(17-19)22(27)18-9-4-3-5-10-18/h3-5,9-10,19-20,23H,1-2,6-8,11-17H2,(H,24,26). The summed E-state index contributed by atoms with van der Waals surface area (Å²) in [7, 11) is 0. The maximum atomic E-state index is 12.6. The van der Waals surface area contributed by atoms with Crippen molar-refractivity contribution < 1.29 is 9.59 Å². The number of hydrogen-bond donors (Lipinski definition) is 2. The molecule has 1 heterocycles. The van der Waals surface area contributed by atoms with Gasteiger partial charge in [-0.05, 0) is 37.8 Å². The highest BCUT2D eigenvalue weighted by Crippen LogP contribution is 2.19. The van der Waals surface area contributed by atoms with Crippen LogP contribution in [0.4, 0.5) is 0 Å². The number of rotatable bonds is 6. The topological polar surface area (TPSA) is 61.4 Å². The van der Waals surface area contributed by atoms with Crippen molar-refractivity contribution in [1.82, 2.24) is 15.5 Å². The summed E-state index contributed by atoms with van der Waals surface area (Å²) in [5.41, 5.74) is 0.700. The molecule has 1 atom stereocenters. The highest BCUT2D eigenvalue weighted by molar-refractivity contribution is 5.94. The van der Waals surface area contributed by atoms with E-state index in [0.29, 0.717) is 24.7 Å². The number of piperidine rings is 1. The summed E-state index contributed by atoms with van der Waals surface area (Å²) in [4.78, 5) is 27.0. The van der Waals surface area contributed by atoms with Crippen molar-refractivity contribution in [1.29, 1.82) is 0 Å². The number of likely N-dealkylation sites (tertiary alicyclic amines) is 1. The van der Waals surface area contributed by atoms with Crippen molar-refractivity contribution >= 4 is 11.8 Å². The third kappa shape index (κ3) is 6.06. The van der Waals surface area contributed by atoms with Gasteiger partial charge in [0.05, 0.1) is 5.92 Å². The van der Waals surface area contributed by atoms with E-state index in [1.165, 1.54) is 38.5 Å². The Balaban J connectivity index is 1.39.